The van der Waals surface area contributed by atoms with E-state index in [1.807, 2.05) is 50.2 Å². The molecule has 0 aliphatic carbocycles. The molecule has 3 aromatic rings. The highest BCUT2D eigenvalue weighted by Gasteiger charge is 2.17. The number of para-hydroxylation sites is 1. The molecule has 0 saturated carbocycles. The molecule has 2 aromatic carbocycles. The lowest BCUT2D eigenvalue weighted by Gasteiger charge is -2.13. The number of ether oxygens (including phenoxy) is 1. The number of aromatic nitrogens is 2. The quantitative estimate of drug-likeness (QED) is 0.651. The molecule has 0 spiro atoms. The van der Waals surface area contributed by atoms with E-state index >= 15 is 0 Å². The molecule has 1 unspecified atom stereocenters. The number of carbonyl (C=O) groups is 1. The number of esters is 1. The van der Waals surface area contributed by atoms with Gasteiger partial charge in [-0.3, -0.25) is 9.36 Å². The Kier molecular flexibility index (Phi) is 5.04. The van der Waals surface area contributed by atoms with Crippen LogP contribution in [0.15, 0.2) is 42.5 Å². The minimum Gasteiger partial charge on any atom is -0.466 e. The van der Waals surface area contributed by atoms with E-state index in [1.54, 1.807) is 13.0 Å². The summed E-state index contributed by atoms with van der Waals surface area (Å²) in [5.41, 5.74) is 4.07. The van der Waals surface area contributed by atoms with Crippen molar-refractivity contribution in [1.29, 1.82) is 5.26 Å². The van der Waals surface area contributed by atoms with E-state index in [1.165, 1.54) is 0 Å². The second-order valence-corrected chi connectivity index (χ2v) is 6.07. The summed E-state index contributed by atoms with van der Waals surface area (Å²) in [4.78, 5) is 16.6. The van der Waals surface area contributed by atoms with Crippen molar-refractivity contribution in [2.45, 2.75) is 33.1 Å². The van der Waals surface area contributed by atoms with Crippen LogP contribution < -0.4 is 0 Å². The third-order valence-electron chi connectivity index (χ3n) is 4.48. The van der Waals surface area contributed by atoms with Crippen LogP contribution >= 0.6 is 0 Å². The molecule has 0 N–H and O–H groups in total. The summed E-state index contributed by atoms with van der Waals surface area (Å²) in [5.74, 6) is 0.370. The van der Waals surface area contributed by atoms with Crippen molar-refractivity contribution in [2.75, 3.05) is 6.61 Å². The average molecular weight is 347 g/mol. The van der Waals surface area contributed by atoms with Crippen LogP contribution in [0.3, 0.4) is 0 Å². The van der Waals surface area contributed by atoms with Crippen LogP contribution in [0, 0.1) is 11.3 Å². The Morgan fingerprint density at radius 1 is 1.23 bits per heavy atom. The van der Waals surface area contributed by atoms with Crippen LogP contribution in [0.5, 0.6) is 0 Å². The molecule has 1 atom stereocenters. The molecule has 0 bridgehead atoms. The predicted octanol–water partition coefficient (Wildman–Crippen LogP) is 4.13. The zero-order valence-corrected chi connectivity index (χ0v) is 15.2. The third kappa shape index (κ3) is 3.06. The number of aryl methyl sites for hydroxylation is 1. The molecule has 26 heavy (non-hydrogen) atoms. The van der Waals surface area contributed by atoms with Crippen molar-refractivity contribution in [2.24, 2.45) is 0 Å². The SMILES string of the molecule is CCOC(=O)C(C)c1ccc(-n2c(CC)nc3c(C#N)cccc32)cc1. The van der Waals surface area contributed by atoms with E-state index in [0.29, 0.717) is 12.2 Å². The largest absolute Gasteiger partial charge is 0.466 e. The zero-order valence-electron chi connectivity index (χ0n) is 15.2. The second kappa shape index (κ2) is 7.40. The number of carbonyl (C=O) groups excluding carboxylic acids is 1. The number of imidazole rings is 1. The van der Waals surface area contributed by atoms with Crippen LogP contribution in [-0.2, 0) is 16.0 Å². The van der Waals surface area contributed by atoms with Crippen molar-refractivity contribution < 1.29 is 9.53 Å². The van der Waals surface area contributed by atoms with Gasteiger partial charge in [-0.1, -0.05) is 25.1 Å². The van der Waals surface area contributed by atoms with Gasteiger partial charge in [-0.25, -0.2) is 4.98 Å². The number of hydrogen-bond acceptors (Lipinski definition) is 4. The number of nitrogens with zero attached hydrogens (tertiary/aromatic N) is 3. The highest BCUT2D eigenvalue weighted by molar-refractivity contribution is 5.84. The number of benzene rings is 2. The highest BCUT2D eigenvalue weighted by atomic mass is 16.5. The first-order valence-corrected chi connectivity index (χ1v) is 8.78. The summed E-state index contributed by atoms with van der Waals surface area (Å²) in [6.45, 7) is 6.07. The molecule has 0 radical (unpaired) electrons. The topological polar surface area (TPSA) is 67.9 Å². The average Bonchev–Trinajstić information content (AvgIpc) is 3.06. The van der Waals surface area contributed by atoms with Gasteiger partial charge in [-0.15, -0.1) is 0 Å². The first-order valence-electron chi connectivity index (χ1n) is 8.78. The Morgan fingerprint density at radius 2 is 1.96 bits per heavy atom. The highest BCUT2D eigenvalue weighted by Crippen LogP contribution is 2.26. The molecule has 1 heterocycles. The monoisotopic (exact) mass is 347 g/mol. The van der Waals surface area contributed by atoms with Crippen molar-refractivity contribution in [3.63, 3.8) is 0 Å². The van der Waals surface area contributed by atoms with Gasteiger partial charge in [-0.2, -0.15) is 5.26 Å². The molecule has 0 aliphatic heterocycles. The van der Waals surface area contributed by atoms with Gasteiger partial charge in [0, 0.05) is 12.1 Å². The Balaban J connectivity index is 2.05. The fourth-order valence-electron chi connectivity index (χ4n) is 3.08. The van der Waals surface area contributed by atoms with Gasteiger partial charge >= 0.3 is 5.97 Å². The predicted molar refractivity (Wildman–Crippen MR) is 100 cm³/mol. The zero-order chi connectivity index (χ0) is 18.7. The van der Waals surface area contributed by atoms with Gasteiger partial charge in [0.1, 0.15) is 17.4 Å². The van der Waals surface area contributed by atoms with Crippen molar-refractivity contribution >= 4 is 17.0 Å². The summed E-state index contributed by atoms with van der Waals surface area (Å²) < 4.78 is 7.16. The van der Waals surface area contributed by atoms with Crippen molar-refractivity contribution in [1.82, 2.24) is 9.55 Å². The molecule has 5 heteroatoms. The summed E-state index contributed by atoms with van der Waals surface area (Å²) >= 11 is 0. The van der Waals surface area contributed by atoms with Gasteiger partial charge in [0.25, 0.3) is 0 Å². The fourth-order valence-corrected chi connectivity index (χ4v) is 3.08. The van der Waals surface area contributed by atoms with Gasteiger partial charge in [0.15, 0.2) is 0 Å². The normalized spacial score (nSPS) is 11.9. The first-order chi connectivity index (χ1) is 12.6. The molecule has 1 aromatic heterocycles. The van der Waals surface area contributed by atoms with Crippen LogP contribution in [0.4, 0.5) is 0 Å². The Labute approximate surface area is 152 Å². The minimum absolute atomic E-state index is 0.221. The summed E-state index contributed by atoms with van der Waals surface area (Å²) in [7, 11) is 0. The first kappa shape index (κ1) is 17.7. The van der Waals surface area contributed by atoms with Gasteiger partial charge < -0.3 is 4.74 Å². The summed E-state index contributed by atoms with van der Waals surface area (Å²) in [6.07, 6.45) is 0.751. The maximum Gasteiger partial charge on any atom is 0.313 e. The minimum atomic E-state index is -0.306. The smallest absolute Gasteiger partial charge is 0.313 e. The lowest BCUT2D eigenvalue weighted by molar-refractivity contribution is -0.144. The van der Waals surface area contributed by atoms with E-state index in [-0.39, 0.29) is 11.9 Å². The molecule has 5 nitrogen and oxygen atoms in total. The third-order valence-corrected chi connectivity index (χ3v) is 4.48. The lowest BCUT2D eigenvalue weighted by Crippen LogP contribution is -2.13. The molecule has 3 rings (SSSR count). The lowest BCUT2D eigenvalue weighted by atomic mass is 10.0. The summed E-state index contributed by atoms with van der Waals surface area (Å²) in [5, 5.41) is 9.33. The van der Waals surface area contributed by atoms with Crippen LogP contribution in [0.25, 0.3) is 16.7 Å². The Morgan fingerprint density at radius 3 is 2.58 bits per heavy atom. The molecule has 0 amide bonds. The molecule has 132 valence electrons. The Bertz CT molecular complexity index is 981. The number of nitriles is 1. The molecular formula is C21H21N3O2. The summed E-state index contributed by atoms with van der Waals surface area (Å²) in [6, 6.07) is 15.7. The molecule has 0 fully saturated rings. The van der Waals surface area contributed by atoms with E-state index in [0.717, 1.165) is 34.5 Å². The second-order valence-electron chi connectivity index (χ2n) is 6.07. The van der Waals surface area contributed by atoms with Crippen molar-refractivity contribution in [3.8, 4) is 11.8 Å². The maximum atomic E-state index is 11.9. The molecule has 0 aliphatic rings. The standard InChI is InChI=1S/C21H21N3O2/c1-4-19-23-20-16(13-22)7-6-8-18(20)24(19)17-11-9-15(10-12-17)14(3)21(25)26-5-2/h6-12,14H,4-5H2,1-3H3. The van der Waals surface area contributed by atoms with Gasteiger partial charge in [0.2, 0.25) is 0 Å². The van der Waals surface area contributed by atoms with E-state index < -0.39 is 0 Å². The van der Waals surface area contributed by atoms with Crippen LogP contribution in [0.1, 0.15) is 43.6 Å². The van der Waals surface area contributed by atoms with Crippen molar-refractivity contribution in [3.05, 3.63) is 59.4 Å². The number of rotatable bonds is 5. The number of hydrogen-bond donors (Lipinski definition) is 0. The molecular weight excluding hydrogens is 326 g/mol. The van der Waals surface area contributed by atoms with Crippen LogP contribution in [0.2, 0.25) is 0 Å². The fraction of sp³-hybridized carbons (Fsp3) is 0.286. The molecule has 0 saturated heterocycles. The number of fused-ring (bicyclic) bond motifs is 1. The Hall–Kier alpha value is -3.13. The van der Waals surface area contributed by atoms with Gasteiger partial charge in [0.05, 0.1) is 23.6 Å². The van der Waals surface area contributed by atoms with E-state index in [2.05, 4.69) is 15.6 Å². The van der Waals surface area contributed by atoms with E-state index in [9.17, 15) is 10.1 Å². The van der Waals surface area contributed by atoms with E-state index in [4.69, 9.17) is 4.74 Å². The van der Waals surface area contributed by atoms with Crippen LogP contribution in [-0.4, -0.2) is 22.1 Å². The maximum absolute atomic E-state index is 11.9. The van der Waals surface area contributed by atoms with Gasteiger partial charge in [-0.05, 0) is 43.7 Å².